The molecule has 0 radical (unpaired) electrons. The summed E-state index contributed by atoms with van der Waals surface area (Å²) in [5, 5.41) is 7.38. The molecule has 0 spiro atoms. The van der Waals surface area contributed by atoms with Crippen LogP contribution in [-0.4, -0.2) is 41.7 Å². The van der Waals surface area contributed by atoms with Gasteiger partial charge in [-0.2, -0.15) is 4.98 Å². The molecule has 0 aliphatic carbocycles. The van der Waals surface area contributed by atoms with Crippen LogP contribution in [-0.2, 0) is 5.41 Å². The number of nitrogens with one attached hydrogen (secondary N) is 1. The van der Waals surface area contributed by atoms with Crippen molar-refractivity contribution in [2.45, 2.75) is 58.4 Å². The first-order valence-electron chi connectivity index (χ1n) is 8.14. The second kappa shape index (κ2) is 8.27. The number of aromatic nitrogens is 2. The van der Waals surface area contributed by atoms with E-state index in [0.29, 0.717) is 0 Å². The van der Waals surface area contributed by atoms with Crippen LogP contribution in [0.1, 0.15) is 64.7 Å². The summed E-state index contributed by atoms with van der Waals surface area (Å²) in [5.41, 5.74) is -0.0540. The summed E-state index contributed by atoms with van der Waals surface area (Å²) in [5.74, 6) is 2.41. The molecule has 1 aliphatic rings. The topological polar surface area (TPSA) is 54.2 Å². The molecule has 2 rings (SSSR count). The Balaban J connectivity index is 0.00000242. The first kappa shape index (κ1) is 19.4. The molecule has 0 saturated carbocycles. The van der Waals surface area contributed by atoms with E-state index in [0.717, 1.165) is 37.3 Å². The average Bonchev–Trinajstić information content (AvgIpc) is 2.95. The van der Waals surface area contributed by atoms with Crippen LogP contribution < -0.4 is 5.32 Å². The van der Waals surface area contributed by atoms with Crippen LogP contribution in [0.2, 0.25) is 0 Å². The Morgan fingerprint density at radius 3 is 2.45 bits per heavy atom. The molecule has 6 heteroatoms. The Bertz CT molecular complexity index is 436. The van der Waals surface area contributed by atoms with Crippen molar-refractivity contribution >= 4 is 12.4 Å². The fraction of sp³-hybridized carbons (Fsp3) is 0.875. The standard InChI is InChI=1S/C16H30N4O.ClH/c1-12(14-18-15(19-21-14)16(2,3)4)20-10-7-13(8-11-20)6-9-17-5;/h12-13,17H,6-11H2,1-5H3;1H. The van der Waals surface area contributed by atoms with E-state index in [4.69, 9.17) is 4.52 Å². The van der Waals surface area contributed by atoms with Gasteiger partial charge >= 0.3 is 0 Å². The third-order valence-electron chi connectivity index (χ3n) is 4.47. The van der Waals surface area contributed by atoms with Gasteiger partial charge in [0.05, 0.1) is 6.04 Å². The number of piperidine rings is 1. The van der Waals surface area contributed by atoms with Crippen LogP contribution in [0.15, 0.2) is 4.52 Å². The summed E-state index contributed by atoms with van der Waals surface area (Å²) in [6.45, 7) is 11.9. The molecular formula is C16H31ClN4O. The molecule has 1 aromatic heterocycles. The van der Waals surface area contributed by atoms with Crippen molar-refractivity contribution in [3.63, 3.8) is 0 Å². The van der Waals surface area contributed by atoms with Gasteiger partial charge in [0.15, 0.2) is 5.82 Å². The van der Waals surface area contributed by atoms with Crippen molar-refractivity contribution in [1.82, 2.24) is 20.4 Å². The van der Waals surface area contributed by atoms with Crippen LogP contribution >= 0.6 is 12.4 Å². The molecule has 1 unspecified atom stereocenters. The van der Waals surface area contributed by atoms with Crippen molar-refractivity contribution in [3.05, 3.63) is 11.7 Å². The van der Waals surface area contributed by atoms with Crippen molar-refractivity contribution < 1.29 is 4.52 Å². The Kier molecular flexibility index (Phi) is 7.29. The molecule has 1 aliphatic heterocycles. The normalized spacial score (nSPS) is 19.0. The van der Waals surface area contributed by atoms with Gasteiger partial charge in [-0.25, -0.2) is 0 Å². The van der Waals surface area contributed by atoms with E-state index in [1.54, 1.807) is 0 Å². The van der Waals surface area contributed by atoms with Gasteiger partial charge in [0.25, 0.3) is 0 Å². The summed E-state index contributed by atoms with van der Waals surface area (Å²) in [4.78, 5) is 7.06. The molecular weight excluding hydrogens is 300 g/mol. The molecule has 1 atom stereocenters. The first-order chi connectivity index (χ1) is 9.91. The van der Waals surface area contributed by atoms with E-state index >= 15 is 0 Å². The maximum Gasteiger partial charge on any atom is 0.243 e. The second-order valence-corrected chi connectivity index (χ2v) is 7.25. The minimum absolute atomic E-state index is 0. The molecule has 1 fully saturated rings. The first-order valence-corrected chi connectivity index (χ1v) is 8.14. The summed E-state index contributed by atoms with van der Waals surface area (Å²) in [6, 6.07) is 0.221. The Hall–Kier alpha value is -0.650. The van der Waals surface area contributed by atoms with Gasteiger partial charge in [-0.05, 0) is 58.8 Å². The highest BCUT2D eigenvalue weighted by Gasteiger charge is 2.28. The predicted octanol–water partition coefficient (Wildman–Crippen LogP) is 3.17. The quantitative estimate of drug-likeness (QED) is 0.898. The lowest BCUT2D eigenvalue weighted by atomic mass is 9.93. The lowest BCUT2D eigenvalue weighted by Gasteiger charge is -2.34. The molecule has 0 amide bonds. The smallest absolute Gasteiger partial charge is 0.243 e. The molecule has 1 saturated heterocycles. The highest BCUT2D eigenvalue weighted by molar-refractivity contribution is 5.85. The highest BCUT2D eigenvalue weighted by atomic mass is 35.5. The van der Waals surface area contributed by atoms with E-state index < -0.39 is 0 Å². The molecule has 22 heavy (non-hydrogen) atoms. The van der Waals surface area contributed by atoms with Crippen LogP contribution in [0, 0.1) is 5.92 Å². The number of likely N-dealkylation sites (tertiary alicyclic amines) is 1. The third kappa shape index (κ3) is 4.93. The van der Waals surface area contributed by atoms with E-state index in [1.165, 1.54) is 19.3 Å². The summed E-state index contributed by atoms with van der Waals surface area (Å²) in [6.07, 6.45) is 3.83. The molecule has 5 nitrogen and oxygen atoms in total. The fourth-order valence-corrected chi connectivity index (χ4v) is 2.84. The number of nitrogens with zero attached hydrogens (tertiary/aromatic N) is 3. The minimum atomic E-state index is -0.0540. The zero-order valence-electron chi connectivity index (χ0n) is 14.6. The van der Waals surface area contributed by atoms with E-state index in [9.17, 15) is 0 Å². The maximum absolute atomic E-state index is 5.49. The molecule has 0 aromatic carbocycles. The molecule has 0 bridgehead atoms. The predicted molar refractivity (Wildman–Crippen MR) is 91.5 cm³/mol. The van der Waals surface area contributed by atoms with Gasteiger partial charge in [0.2, 0.25) is 5.89 Å². The Labute approximate surface area is 140 Å². The SMILES string of the molecule is CNCCC1CCN(C(C)c2nc(C(C)(C)C)no2)CC1.Cl. The van der Waals surface area contributed by atoms with Crippen LogP contribution in [0.3, 0.4) is 0 Å². The van der Waals surface area contributed by atoms with Gasteiger partial charge < -0.3 is 9.84 Å². The number of hydrogen-bond donors (Lipinski definition) is 1. The lowest BCUT2D eigenvalue weighted by molar-refractivity contribution is 0.117. The largest absolute Gasteiger partial charge is 0.338 e. The van der Waals surface area contributed by atoms with Gasteiger partial charge in [0.1, 0.15) is 0 Å². The minimum Gasteiger partial charge on any atom is -0.338 e. The highest BCUT2D eigenvalue weighted by Crippen LogP contribution is 2.28. The molecule has 128 valence electrons. The number of hydrogen-bond acceptors (Lipinski definition) is 5. The Morgan fingerprint density at radius 2 is 1.95 bits per heavy atom. The van der Waals surface area contributed by atoms with Crippen molar-refractivity contribution in [3.8, 4) is 0 Å². The van der Waals surface area contributed by atoms with Gasteiger partial charge in [-0.15, -0.1) is 12.4 Å². The van der Waals surface area contributed by atoms with Gasteiger partial charge in [0, 0.05) is 5.41 Å². The second-order valence-electron chi connectivity index (χ2n) is 7.25. The average molecular weight is 331 g/mol. The Morgan fingerprint density at radius 1 is 1.32 bits per heavy atom. The molecule has 1 aromatic rings. The van der Waals surface area contributed by atoms with Crippen LogP contribution in [0.4, 0.5) is 0 Å². The number of halogens is 1. The zero-order valence-corrected chi connectivity index (χ0v) is 15.4. The molecule has 2 heterocycles. The lowest BCUT2D eigenvalue weighted by Crippen LogP contribution is -2.36. The summed E-state index contributed by atoms with van der Waals surface area (Å²) >= 11 is 0. The van der Waals surface area contributed by atoms with Crippen molar-refractivity contribution in [1.29, 1.82) is 0 Å². The van der Waals surface area contributed by atoms with E-state index in [-0.39, 0.29) is 23.9 Å². The summed E-state index contributed by atoms with van der Waals surface area (Å²) < 4.78 is 5.49. The van der Waals surface area contributed by atoms with Crippen molar-refractivity contribution in [2.24, 2.45) is 5.92 Å². The van der Waals surface area contributed by atoms with E-state index in [1.807, 2.05) is 7.05 Å². The van der Waals surface area contributed by atoms with E-state index in [2.05, 4.69) is 48.1 Å². The number of rotatable bonds is 5. The maximum atomic E-state index is 5.49. The molecule has 1 N–H and O–H groups in total. The van der Waals surface area contributed by atoms with Gasteiger partial charge in [-0.1, -0.05) is 25.9 Å². The third-order valence-corrected chi connectivity index (χ3v) is 4.47. The van der Waals surface area contributed by atoms with Crippen LogP contribution in [0.5, 0.6) is 0 Å². The van der Waals surface area contributed by atoms with Crippen LogP contribution in [0.25, 0.3) is 0 Å². The van der Waals surface area contributed by atoms with Gasteiger partial charge in [-0.3, -0.25) is 4.90 Å². The summed E-state index contributed by atoms with van der Waals surface area (Å²) in [7, 11) is 2.03. The van der Waals surface area contributed by atoms with Crippen molar-refractivity contribution in [2.75, 3.05) is 26.7 Å². The zero-order chi connectivity index (χ0) is 15.5. The fourth-order valence-electron chi connectivity index (χ4n) is 2.84. The monoisotopic (exact) mass is 330 g/mol.